The molecular formula is C22H28N2O4S. The molecule has 156 valence electrons. The van der Waals surface area contributed by atoms with Crippen LogP contribution in [0.3, 0.4) is 0 Å². The summed E-state index contributed by atoms with van der Waals surface area (Å²) in [7, 11) is -2.29. The van der Waals surface area contributed by atoms with Gasteiger partial charge in [0.1, 0.15) is 10.6 Å². The highest BCUT2D eigenvalue weighted by molar-refractivity contribution is 7.89. The van der Waals surface area contributed by atoms with E-state index < -0.39 is 15.9 Å². The largest absolute Gasteiger partial charge is 0.495 e. The van der Waals surface area contributed by atoms with Crippen LogP contribution in [0.5, 0.6) is 5.75 Å². The molecule has 1 heterocycles. The Hall–Kier alpha value is -2.38. The first-order valence-electron chi connectivity index (χ1n) is 9.76. The zero-order chi connectivity index (χ0) is 21.2. The third kappa shape index (κ3) is 4.46. The van der Waals surface area contributed by atoms with Crippen molar-refractivity contribution >= 4 is 21.6 Å². The maximum atomic E-state index is 13.3. The number of amides is 1. The first-order valence-corrected chi connectivity index (χ1v) is 11.2. The van der Waals surface area contributed by atoms with Crippen molar-refractivity contribution in [3.8, 4) is 5.75 Å². The van der Waals surface area contributed by atoms with Crippen LogP contribution in [0.15, 0.2) is 41.3 Å². The van der Waals surface area contributed by atoms with E-state index in [0.717, 1.165) is 22.4 Å². The Labute approximate surface area is 172 Å². The molecule has 0 bridgehead atoms. The average molecular weight is 417 g/mol. The van der Waals surface area contributed by atoms with Crippen LogP contribution in [-0.2, 0) is 14.8 Å². The van der Waals surface area contributed by atoms with Gasteiger partial charge in [-0.15, -0.1) is 0 Å². The highest BCUT2D eigenvalue weighted by Gasteiger charge is 2.35. The Morgan fingerprint density at radius 3 is 2.66 bits per heavy atom. The minimum Gasteiger partial charge on any atom is -0.495 e. The number of ether oxygens (including phenoxy) is 1. The Morgan fingerprint density at radius 2 is 1.93 bits per heavy atom. The van der Waals surface area contributed by atoms with E-state index in [4.69, 9.17) is 4.74 Å². The number of hydrogen-bond acceptors (Lipinski definition) is 4. The van der Waals surface area contributed by atoms with Crippen LogP contribution in [0.1, 0.15) is 29.5 Å². The maximum absolute atomic E-state index is 13.3. The Kier molecular flexibility index (Phi) is 6.29. The molecule has 1 amide bonds. The molecule has 0 radical (unpaired) electrons. The molecule has 1 saturated heterocycles. The lowest BCUT2D eigenvalue weighted by atomic mass is 9.98. The van der Waals surface area contributed by atoms with E-state index in [-0.39, 0.29) is 17.3 Å². The molecule has 3 rings (SSSR count). The monoisotopic (exact) mass is 416 g/mol. The van der Waals surface area contributed by atoms with Crippen molar-refractivity contribution < 1.29 is 17.9 Å². The molecule has 1 aliphatic heterocycles. The number of hydrogen-bond donors (Lipinski definition) is 1. The molecule has 1 atom stereocenters. The van der Waals surface area contributed by atoms with Crippen molar-refractivity contribution in [1.82, 2.24) is 4.31 Å². The number of anilines is 1. The Balaban J connectivity index is 1.80. The SMILES string of the molecule is COc1ccc(C)cc1S(=O)(=O)N1CCCC(C(=O)Nc2cccc(C)c2C)C1. The van der Waals surface area contributed by atoms with Gasteiger partial charge >= 0.3 is 0 Å². The van der Waals surface area contributed by atoms with Gasteiger partial charge in [-0.3, -0.25) is 4.79 Å². The number of rotatable bonds is 5. The number of nitrogens with zero attached hydrogens (tertiary/aromatic N) is 1. The van der Waals surface area contributed by atoms with E-state index in [2.05, 4.69) is 5.32 Å². The van der Waals surface area contributed by atoms with E-state index >= 15 is 0 Å². The molecule has 1 N–H and O–H groups in total. The van der Waals surface area contributed by atoms with Gasteiger partial charge in [-0.05, 0) is 68.5 Å². The maximum Gasteiger partial charge on any atom is 0.246 e. The predicted octanol–water partition coefficient (Wildman–Crippen LogP) is 3.66. The standard InChI is InChI=1S/C22H28N2O4S/c1-15-10-11-20(28-4)21(13-15)29(26,27)24-12-6-8-18(14-24)22(25)23-19-9-5-7-16(2)17(19)3/h5,7,9-11,13,18H,6,8,12,14H2,1-4H3,(H,23,25). The van der Waals surface area contributed by atoms with Gasteiger partial charge in [0.15, 0.2) is 0 Å². The normalized spacial score (nSPS) is 17.7. The van der Waals surface area contributed by atoms with E-state index in [1.807, 2.05) is 45.0 Å². The summed E-state index contributed by atoms with van der Waals surface area (Å²) in [6, 6.07) is 10.9. The summed E-state index contributed by atoms with van der Waals surface area (Å²) in [4.78, 5) is 13.0. The quantitative estimate of drug-likeness (QED) is 0.807. The number of carbonyl (C=O) groups excluding carboxylic acids is 1. The highest BCUT2D eigenvalue weighted by Crippen LogP contribution is 2.31. The molecule has 2 aromatic rings. The van der Waals surface area contributed by atoms with Crippen LogP contribution in [0.2, 0.25) is 0 Å². The molecular weight excluding hydrogens is 388 g/mol. The van der Waals surface area contributed by atoms with Crippen molar-refractivity contribution in [2.24, 2.45) is 5.92 Å². The summed E-state index contributed by atoms with van der Waals surface area (Å²) in [5.74, 6) is -0.221. The molecule has 1 fully saturated rings. The topological polar surface area (TPSA) is 75.7 Å². The van der Waals surface area contributed by atoms with Crippen molar-refractivity contribution in [2.75, 3.05) is 25.5 Å². The zero-order valence-corrected chi connectivity index (χ0v) is 18.2. The van der Waals surface area contributed by atoms with Gasteiger partial charge < -0.3 is 10.1 Å². The molecule has 6 nitrogen and oxygen atoms in total. The lowest BCUT2D eigenvalue weighted by Gasteiger charge is -2.31. The Bertz CT molecular complexity index is 1020. The number of benzene rings is 2. The third-order valence-corrected chi connectivity index (χ3v) is 7.44. The number of methoxy groups -OCH3 is 1. The lowest BCUT2D eigenvalue weighted by Crippen LogP contribution is -2.43. The number of aryl methyl sites for hydroxylation is 2. The van der Waals surface area contributed by atoms with Crippen LogP contribution in [0, 0.1) is 26.7 Å². The smallest absolute Gasteiger partial charge is 0.246 e. The minimum absolute atomic E-state index is 0.144. The summed E-state index contributed by atoms with van der Waals surface area (Å²) in [5.41, 5.74) is 3.73. The van der Waals surface area contributed by atoms with Gasteiger partial charge in [-0.25, -0.2) is 8.42 Å². The zero-order valence-electron chi connectivity index (χ0n) is 17.4. The van der Waals surface area contributed by atoms with Gasteiger partial charge in [0, 0.05) is 18.8 Å². The number of nitrogens with one attached hydrogen (secondary N) is 1. The Morgan fingerprint density at radius 1 is 1.17 bits per heavy atom. The second-order valence-corrected chi connectivity index (χ2v) is 9.50. The van der Waals surface area contributed by atoms with Gasteiger partial charge in [0.25, 0.3) is 0 Å². The van der Waals surface area contributed by atoms with Gasteiger partial charge in [-0.2, -0.15) is 4.31 Å². The van der Waals surface area contributed by atoms with Crippen LogP contribution in [0.25, 0.3) is 0 Å². The molecule has 0 saturated carbocycles. The predicted molar refractivity (Wildman–Crippen MR) is 114 cm³/mol. The molecule has 29 heavy (non-hydrogen) atoms. The first-order chi connectivity index (χ1) is 13.7. The van der Waals surface area contributed by atoms with Crippen LogP contribution in [-0.4, -0.2) is 38.8 Å². The van der Waals surface area contributed by atoms with Crippen molar-refractivity contribution in [3.05, 3.63) is 53.1 Å². The average Bonchev–Trinajstić information content (AvgIpc) is 2.71. The van der Waals surface area contributed by atoms with E-state index in [0.29, 0.717) is 25.1 Å². The van der Waals surface area contributed by atoms with E-state index in [1.165, 1.54) is 11.4 Å². The van der Waals surface area contributed by atoms with Crippen molar-refractivity contribution in [3.63, 3.8) is 0 Å². The van der Waals surface area contributed by atoms with Crippen LogP contribution >= 0.6 is 0 Å². The summed E-state index contributed by atoms with van der Waals surface area (Å²) < 4.78 is 33.2. The number of piperidine rings is 1. The number of carbonyl (C=O) groups is 1. The molecule has 1 aliphatic rings. The molecule has 0 spiro atoms. The summed E-state index contributed by atoms with van der Waals surface area (Å²) in [6.07, 6.45) is 1.30. The van der Waals surface area contributed by atoms with E-state index in [9.17, 15) is 13.2 Å². The molecule has 0 aliphatic carbocycles. The summed E-state index contributed by atoms with van der Waals surface area (Å²) in [5, 5.41) is 2.98. The fraction of sp³-hybridized carbons (Fsp3) is 0.409. The summed E-state index contributed by atoms with van der Waals surface area (Å²) >= 11 is 0. The lowest BCUT2D eigenvalue weighted by molar-refractivity contribution is -0.120. The van der Waals surface area contributed by atoms with Crippen LogP contribution in [0.4, 0.5) is 5.69 Å². The number of sulfonamides is 1. The fourth-order valence-corrected chi connectivity index (χ4v) is 5.38. The van der Waals surface area contributed by atoms with Crippen molar-refractivity contribution in [2.45, 2.75) is 38.5 Å². The second-order valence-electron chi connectivity index (χ2n) is 7.59. The van der Waals surface area contributed by atoms with Crippen LogP contribution < -0.4 is 10.1 Å². The highest BCUT2D eigenvalue weighted by atomic mass is 32.2. The fourth-order valence-electron chi connectivity index (χ4n) is 3.62. The van der Waals surface area contributed by atoms with E-state index in [1.54, 1.807) is 12.1 Å². The molecule has 0 aromatic heterocycles. The molecule has 1 unspecified atom stereocenters. The van der Waals surface area contributed by atoms with Gasteiger partial charge in [0.05, 0.1) is 13.0 Å². The van der Waals surface area contributed by atoms with Gasteiger partial charge in [-0.1, -0.05) is 18.2 Å². The molecule has 2 aromatic carbocycles. The first kappa shape index (κ1) is 21.3. The van der Waals surface area contributed by atoms with Crippen molar-refractivity contribution in [1.29, 1.82) is 0 Å². The summed E-state index contributed by atoms with van der Waals surface area (Å²) in [6.45, 7) is 6.36. The van der Waals surface area contributed by atoms with Gasteiger partial charge in [0.2, 0.25) is 15.9 Å². The third-order valence-electron chi connectivity index (χ3n) is 5.55. The molecule has 7 heteroatoms. The second kappa shape index (κ2) is 8.55. The minimum atomic E-state index is -3.75.